The third-order valence-corrected chi connectivity index (χ3v) is 5.45. The van der Waals surface area contributed by atoms with Gasteiger partial charge in [-0.25, -0.2) is 0 Å². The van der Waals surface area contributed by atoms with Crippen LogP contribution < -0.4 is 4.74 Å². The van der Waals surface area contributed by atoms with Gasteiger partial charge in [0.05, 0.1) is 18.5 Å². The van der Waals surface area contributed by atoms with Crippen LogP contribution in [0.3, 0.4) is 0 Å². The highest BCUT2D eigenvalue weighted by Gasteiger charge is 2.34. The summed E-state index contributed by atoms with van der Waals surface area (Å²) < 4.78 is 5.28. The summed E-state index contributed by atoms with van der Waals surface area (Å²) in [7, 11) is 1.65. The monoisotopic (exact) mass is 391 g/mol. The van der Waals surface area contributed by atoms with Crippen LogP contribution in [-0.2, 0) is 6.42 Å². The summed E-state index contributed by atoms with van der Waals surface area (Å²) >= 11 is 6.05. The molecule has 0 aliphatic heterocycles. The SMILES string of the molecule is COc1ccc(-c2cc(-c3ccc(Cl)cc3)nc3c2C(=O)CC(C)(C)C3)cc1. The summed E-state index contributed by atoms with van der Waals surface area (Å²) in [5, 5.41) is 0.688. The van der Waals surface area contributed by atoms with Gasteiger partial charge >= 0.3 is 0 Å². The van der Waals surface area contributed by atoms with Crippen molar-refractivity contribution in [1.29, 1.82) is 0 Å². The molecule has 0 radical (unpaired) electrons. The fourth-order valence-corrected chi connectivity index (χ4v) is 3.97. The van der Waals surface area contributed by atoms with Crippen molar-refractivity contribution in [2.45, 2.75) is 26.7 Å². The van der Waals surface area contributed by atoms with Gasteiger partial charge in [-0.1, -0.05) is 49.7 Å². The largest absolute Gasteiger partial charge is 0.497 e. The summed E-state index contributed by atoms with van der Waals surface area (Å²) in [4.78, 5) is 17.9. The van der Waals surface area contributed by atoms with Gasteiger partial charge in [0, 0.05) is 22.6 Å². The molecule has 0 saturated heterocycles. The van der Waals surface area contributed by atoms with Crippen LogP contribution in [0.4, 0.5) is 0 Å². The number of ether oxygens (including phenoxy) is 1. The molecule has 0 N–H and O–H groups in total. The molecule has 2 aromatic carbocycles. The van der Waals surface area contributed by atoms with E-state index < -0.39 is 0 Å². The van der Waals surface area contributed by atoms with Crippen LogP contribution >= 0.6 is 11.6 Å². The average Bonchev–Trinajstić information content (AvgIpc) is 2.66. The van der Waals surface area contributed by atoms with Crippen LogP contribution in [0.2, 0.25) is 5.02 Å². The van der Waals surface area contributed by atoms with Crippen LogP contribution in [0.15, 0.2) is 54.6 Å². The number of rotatable bonds is 3. The van der Waals surface area contributed by atoms with Crippen LogP contribution in [0.5, 0.6) is 5.75 Å². The molecule has 1 aliphatic rings. The van der Waals surface area contributed by atoms with Crippen molar-refractivity contribution >= 4 is 17.4 Å². The lowest BCUT2D eigenvalue weighted by Gasteiger charge is -2.31. The molecule has 0 unspecified atom stereocenters. The number of benzene rings is 2. The highest BCUT2D eigenvalue weighted by Crippen LogP contribution is 2.40. The highest BCUT2D eigenvalue weighted by molar-refractivity contribution is 6.30. The maximum atomic E-state index is 13.0. The van der Waals surface area contributed by atoms with Crippen LogP contribution in [0.1, 0.15) is 36.3 Å². The Morgan fingerprint density at radius 1 is 0.964 bits per heavy atom. The van der Waals surface area contributed by atoms with Gasteiger partial charge in [0.2, 0.25) is 0 Å². The molecular weight excluding hydrogens is 370 g/mol. The minimum absolute atomic E-state index is 0.0904. The summed E-state index contributed by atoms with van der Waals surface area (Å²) in [6.07, 6.45) is 1.31. The summed E-state index contributed by atoms with van der Waals surface area (Å²) in [5.41, 5.74) is 5.29. The molecule has 3 aromatic rings. The summed E-state index contributed by atoms with van der Waals surface area (Å²) in [5.74, 6) is 0.948. The van der Waals surface area contributed by atoms with Crippen LogP contribution in [-0.4, -0.2) is 17.9 Å². The van der Waals surface area contributed by atoms with E-state index in [4.69, 9.17) is 21.3 Å². The maximum absolute atomic E-state index is 13.0. The quantitative estimate of drug-likeness (QED) is 0.531. The van der Waals surface area contributed by atoms with Gasteiger partial charge in [-0.15, -0.1) is 0 Å². The number of carbonyl (C=O) groups is 1. The Morgan fingerprint density at radius 3 is 2.25 bits per heavy atom. The van der Waals surface area contributed by atoms with Crippen molar-refractivity contribution in [3.05, 3.63) is 70.9 Å². The fraction of sp³-hybridized carbons (Fsp3) is 0.250. The van der Waals surface area contributed by atoms with Gasteiger partial charge in [-0.2, -0.15) is 0 Å². The van der Waals surface area contributed by atoms with E-state index in [1.54, 1.807) is 7.11 Å². The summed E-state index contributed by atoms with van der Waals surface area (Å²) in [6, 6.07) is 17.5. The van der Waals surface area contributed by atoms with E-state index in [1.807, 2.05) is 54.6 Å². The van der Waals surface area contributed by atoms with Crippen molar-refractivity contribution in [2.24, 2.45) is 5.41 Å². The molecule has 0 fully saturated rings. The van der Waals surface area contributed by atoms with Gasteiger partial charge in [0.25, 0.3) is 0 Å². The number of hydrogen-bond acceptors (Lipinski definition) is 3. The molecule has 142 valence electrons. The van der Waals surface area contributed by atoms with Crippen molar-refractivity contribution in [3.63, 3.8) is 0 Å². The number of hydrogen-bond donors (Lipinski definition) is 0. The number of pyridine rings is 1. The van der Waals surface area contributed by atoms with E-state index in [0.29, 0.717) is 11.4 Å². The lowest BCUT2D eigenvalue weighted by molar-refractivity contribution is 0.0911. The van der Waals surface area contributed by atoms with E-state index in [1.165, 1.54) is 0 Å². The number of nitrogens with zero attached hydrogens (tertiary/aromatic N) is 1. The molecule has 3 nitrogen and oxygen atoms in total. The third kappa shape index (κ3) is 3.55. The first-order valence-electron chi connectivity index (χ1n) is 9.34. The molecule has 0 amide bonds. The van der Waals surface area contributed by atoms with Gasteiger partial charge in [-0.3, -0.25) is 9.78 Å². The smallest absolute Gasteiger partial charge is 0.165 e. The lowest BCUT2D eigenvalue weighted by atomic mass is 9.74. The Labute approximate surface area is 170 Å². The number of Topliss-reactive ketones (excluding diaryl/α,β-unsaturated/α-hetero) is 1. The molecule has 4 rings (SSSR count). The number of ketones is 1. The van der Waals surface area contributed by atoms with Gasteiger partial charge < -0.3 is 4.74 Å². The molecule has 1 aromatic heterocycles. The molecular formula is C24H22ClNO2. The van der Waals surface area contributed by atoms with Crippen molar-refractivity contribution < 1.29 is 9.53 Å². The van der Waals surface area contributed by atoms with Gasteiger partial charge in [0.15, 0.2) is 5.78 Å². The molecule has 0 spiro atoms. The van der Waals surface area contributed by atoms with E-state index in [9.17, 15) is 4.79 Å². The molecule has 0 bridgehead atoms. The van der Waals surface area contributed by atoms with E-state index in [-0.39, 0.29) is 11.2 Å². The Bertz CT molecular complexity index is 1040. The second kappa shape index (κ2) is 7.06. The Morgan fingerprint density at radius 2 is 1.61 bits per heavy atom. The zero-order valence-corrected chi connectivity index (χ0v) is 17.0. The van der Waals surface area contributed by atoms with Gasteiger partial charge in [-0.05, 0) is 53.3 Å². The van der Waals surface area contributed by atoms with Crippen molar-refractivity contribution in [2.75, 3.05) is 7.11 Å². The van der Waals surface area contributed by atoms with Crippen molar-refractivity contribution in [1.82, 2.24) is 4.98 Å². The highest BCUT2D eigenvalue weighted by atomic mass is 35.5. The fourth-order valence-electron chi connectivity index (χ4n) is 3.84. The van der Waals surface area contributed by atoms with Gasteiger partial charge in [0.1, 0.15) is 5.75 Å². The zero-order valence-electron chi connectivity index (χ0n) is 16.3. The zero-order chi connectivity index (χ0) is 19.9. The maximum Gasteiger partial charge on any atom is 0.165 e. The molecule has 0 atom stereocenters. The van der Waals surface area contributed by atoms with E-state index >= 15 is 0 Å². The molecule has 28 heavy (non-hydrogen) atoms. The summed E-state index contributed by atoms with van der Waals surface area (Å²) in [6.45, 7) is 4.25. The predicted octanol–water partition coefficient (Wildman–Crippen LogP) is 6.23. The van der Waals surface area contributed by atoms with E-state index in [0.717, 1.165) is 45.8 Å². The van der Waals surface area contributed by atoms with Crippen LogP contribution in [0.25, 0.3) is 22.4 Å². The normalized spacial score (nSPS) is 15.2. The Kier molecular flexibility index (Phi) is 4.72. The number of carbonyl (C=O) groups excluding carboxylic acids is 1. The Hall–Kier alpha value is -2.65. The second-order valence-electron chi connectivity index (χ2n) is 8.05. The average molecular weight is 392 g/mol. The number of fused-ring (bicyclic) bond motifs is 1. The Balaban J connectivity index is 1.93. The third-order valence-electron chi connectivity index (χ3n) is 5.20. The first-order valence-corrected chi connectivity index (χ1v) is 9.71. The van der Waals surface area contributed by atoms with Crippen molar-refractivity contribution in [3.8, 4) is 28.1 Å². The molecule has 0 saturated carbocycles. The second-order valence-corrected chi connectivity index (χ2v) is 8.49. The standard InChI is InChI=1S/C24H22ClNO2/c1-24(2)13-21-23(22(27)14-24)19(15-6-10-18(28-3)11-7-15)12-20(26-21)16-4-8-17(25)9-5-16/h4-12H,13-14H2,1-3H3. The molecule has 1 aliphatic carbocycles. The first kappa shape index (κ1) is 18.7. The first-order chi connectivity index (χ1) is 13.4. The predicted molar refractivity (Wildman–Crippen MR) is 113 cm³/mol. The topological polar surface area (TPSA) is 39.2 Å². The number of aromatic nitrogens is 1. The minimum atomic E-state index is -0.0904. The molecule has 4 heteroatoms. The lowest BCUT2D eigenvalue weighted by Crippen LogP contribution is -2.28. The minimum Gasteiger partial charge on any atom is -0.497 e. The number of halogens is 1. The number of methoxy groups -OCH3 is 1. The van der Waals surface area contributed by atoms with E-state index in [2.05, 4.69) is 13.8 Å². The molecule has 1 heterocycles. The van der Waals surface area contributed by atoms with Crippen LogP contribution in [0, 0.1) is 5.41 Å².